The Morgan fingerprint density at radius 1 is 1.46 bits per heavy atom. The molecule has 0 spiro atoms. The van der Waals surface area contributed by atoms with Crippen LogP contribution in [0, 0.1) is 5.41 Å². The summed E-state index contributed by atoms with van der Waals surface area (Å²) in [4.78, 5) is 4.79. The van der Waals surface area contributed by atoms with Gasteiger partial charge >= 0.3 is 0 Å². The Hall–Kier alpha value is -0.570. The first-order valence-corrected chi connectivity index (χ1v) is 9.52. The predicted molar refractivity (Wildman–Crippen MR) is 117 cm³/mol. The molecule has 1 aliphatic carbocycles. The molecule has 1 saturated heterocycles. The molecule has 0 bridgehead atoms. The number of benzene rings is 1. The minimum Gasteiger partial charge on any atom is -0.396 e. The smallest absolute Gasteiger partial charge is 0.191 e. The molecule has 5 nitrogen and oxygen atoms in total. The number of aliphatic hydroxyl groups is 1. The lowest BCUT2D eigenvalue weighted by Crippen LogP contribution is -2.40. The highest BCUT2D eigenvalue weighted by Crippen LogP contribution is 2.41. The fourth-order valence-corrected chi connectivity index (χ4v) is 3.69. The zero-order chi connectivity index (χ0) is 17.7. The fourth-order valence-electron chi connectivity index (χ4n) is 3.49. The Balaban J connectivity index is 0.00000243. The Kier molecular flexibility index (Phi) is 8.44. The second kappa shape index (κ2) is 10.1. The summed E-state index contributed by atoms with van der Waals surface area (Å²) in [5.41, 5.74) is 1.26. The highest BCUT2D eigenvalue weighted by Gasteiger charge is 2.39. The van der Waals surface area contributed by atoms with E-state index in [2.05, 4.69) is 23.6 Å². The predicted octanol–water partition coefficient (Wildman–Crippen LogP) is 3.16. The molecule has 1 aromatic carbocycles. The van der Waals surface area contributed by atoms with Gasteiger partial charge in [-0.05, 0) is 43.9 Å². The number of aliphatic imine (C=N–C) groups is 1. The van der Waals surface area contributed by atoms with Gasteiger partial charge in [-0.2, -0.15) is 0 Å². The monoisotopic (exact) mass is 493 g/mol. The topological polar surface area (TPSA) is 65.9 Å². The van der Waals surface area contributed by atoms with Crippen LogP contribution in [0.5, 0.6) is 0 Å². The molecule has 1 aliphatic heterocycles. The van der Waals surface area contributed by atoms with Crippen molar-refractivity contribution in [3.05, 3.63) is 34.9 Å². The van der Waals surface area contributed by atoms with Crippen molar-refractivity contribution in [3.8, 4) is 0 Å². The van der Waals surface area contributed by atoms with Crippen molar-refractivity contribution in [2.45, 2.75) is 38.1 Å². The van der Waals surface area contributed by atoms with Crippen molar-refractivity contribution in [2.75, 3.05) is 32.9 Å². The van der Waals surface area contributed by atoms with E-state index in [4.69, 9.17) is 21.3 Å². The number of guanidine groups is 1. The zero-order valence-electron chi connectivity index (χ0n) is 15.2. The van der Waals surface area contributed by atoms with Crippen molar-refractivity contribution in [1.29, 1.82) is 0 Å². The van der Waals surface area contributed by atoms with E-state index in [-0.39, 0.29) is 36.0 Å². The van der Waals surface area contributed by atoms with Gasteiger partial charge in [-0.25, -0.2) is 0 Å². The number of rotatable bonds is 7. The normalized spacial score (nSPS) is 27.7. The molecule has 1 heterocycles. The van der Waals surface area contributed by atoms with Crippen LogP contribution in [0.2, 0.25) is 5.02 Å². The van der Waals surface area contributed by atoms with Crippen LogP contribution >= 0.6 is 35.6 Å². The zero-order valence-corrected chi connectivity index (χ0v) is 18.3. The second-order valence-corrected chi connectivity index (χ2v) is 7.56. The summed E-state index contributed by atoms with van der Waals surface area (Å²) in [7, 11) is 0. The van der Waals surface area contributed by atoms with Crippen molar-refractivity contribution in [2.24, 2.45) is 10.4 Å². The molecule has 26 heavy (non-hydrogen) atoms. The highest BCUT2D eigenvalue weighted by atomic mass is 127. The van der Waals surface area contributed by atoms with Gasteiger partial charge in [0.1, 0.15) is 0 Å². The summed E-state index contributed by atoms with van der Waals surface area (Å²) in [6.07, 6.45) is 2.80. The van der Waals surface area contributed by atoms with E-state index in [9.17, 15) is 5.11 Å². The summed E-state index contributed by atoms with van der Waals surface area (Å²) in [6.45, 7) is 5.20. The summed E-state index contributed by atoms with van der Waals surface area (Å²) < 4.78 is 5.55. The van der Waals surface area contributed by atoms with Crippen molar-refractivity contribution in [1.82, 2.24) is 10.6 Å². The number of nitrogens with one attached hydrogen (secondary N) is 2. The number of halogens is 2. The lowest BCUT2D eigenvalue weighted by molar-refractivity contribution is 0.131. The molecule has 3 atom stereocenters. The van der Waals surface area contributed by atoms with Gasteiger partial charge in [-0.3, -0.25) is 4.99 Å². The summed E-state index contributed by atoms with van der Waals surface area (Å²) in [5.74, 6) is 1.34. The number of aliphatic hydroxyl groups excluding tert-OH is 1. The van der Waals surface area contributed by atoms with Crippen LogP contribution in [0.15, 0.2) is 29.3 Å². The molecule has 3 N–H and O–H groups in total. The van der Waals surface area contributed by atoms with E-state index in [1.165, 1.54) is 5.56 Å². The lowest BCUT2D eigenvalue weighted by Gasteiger charge is -2.25. The average molecular weight is 494 g/mol. The van der Waals surface area contributed by atoms with Crippen molar-refractivity contribution >= 4 is 41.5 Å². The van der Waals surface area contributed by atoms with Crippen LogP contribution < -0.4 is 10.6 Å². The van der Waals surface area contributed by atoms with Gasteiger partial charge in [-0.1, -0.05) is 23.7 Å². The molecule has 2 aliphatic rings. The molecule has 2 fully saturated rings. The minimum absolute atomic E-state index is 0. The highest BCUT2D eigenvalue weighted by molar-refractivity contribution is 14.0. The van der Waals surface area contributed by atoms with Crippen LogP contribution in [0.3, 0.4) is 0 Å². The largest absolute Gasteiger partial charge is 0.396 e. The first-order chi connectivity index (χ1) is 12.2. The third-order valence-electron chi connectivity index (χ3n) is 5.13. The van der Waals surface area contributed by atoms with E-state index in [1.54, 1.807) is 0 Å². The van der Waals surface area contributed by atoms with E-state index in [0.29, 0.717) is 25.1 Å². The number of hydrogen-bond acceptors (Lipinski definition) is 3. The Morgan fingerprint density at radius 3 is 2.96 bits per heavy atom. The van der Waals surface area contributed by atoms with Crippen molar-refractivity contribution in [3.63, 3.8) is 0 Å². The first kappa shape index (κ1) is 21.7. The molecular weight excluding hydrogens is 465 g/mol. The van der Waals surface area contributed by atoms with Crippen LogP contribution in [0.1, 0.15) is 37.7 Å². The molecule has 3 rings (SSSR count). The molecule has 146 valence electrons. The van der Waals surface area contributed by atoms with E-state index in [1.807, 2.05) is 18.2 Å². The van der Waals surface area contributed by atoms with Gasteiger partial charge < -0.3 is 20.5 Å². The molecule has 3 unspecified atom stereocenters. The van der Waals surface area contributed by atoms with Crippen molar-refractivity contribution < 1.29 is 9.84 Å². The van der Waals surface area contributed by atoms with Gasteiger partial charge in [0.25, 0.3) is 0 Å². The van der Waals surface area contributed by atoms with Gasteiger partial charge in [0.2, 0.25) is 0 Å². The summed E-state index contributed by atoms with van der Waals surface area (Å²) >= 11 is 6.10. The third-order valence-corrected chi connectivity index (χ3v) is 5.37. The molecular formula is C19H29ClIN3O2. The van der Waals surface area contributed by atoms with Crippen LogP contribution in [-0.2, 0) is 4.74 Å². The Labute approximate surface area is 178 Å². The Morgan fingerprint density at radius 2 is 2.31 bits per heavy atom. The van der Waals surface area contributed by atoms with Gasteiger partial charge in [0, 0.05) is 42.2 Å². The fraction of sp³-hybridized carbons (Fsp3) is 0.632. The first-order valence-electron chi connectivity index (χ1n) is 9.15. The second-order valence-electron chi connectivity index (χ2n) is 7.12. The van der Waals surface area contributed by atoms with Crippen LogP contribution in [0.25, 0.3) is 0 Å². The molecule has 0 radical (unpaired) electrons. The van der Waals surface area contributed by atoms with E-state index in [0.717, 1.165) is 43.4 Å². The maximum Gasteiger partial charge on any atom is 0.191 e. The van der Waals surface area contributed by atoms with Gasteiger partial charge in [0.05, 0.1) is 13.2 Å². The minimum atomic E-state index is -0.0208. The number of nitrogens with zero attached hydrogens (tertiary/aromatic N) is 1. The SMILES string of the molecule is CCNC(=NCC1(CCO)CCOC1)NC1CC1c1cccc(Cl)c1.I. The maximum absolute atomic E-state index is 9.35. The maximum atomic E-state index is 9.35. The number of ether oxygens (including phenoxy) is 1. The number of hydrogen-bond donors (Lipinski definition) is 3. The molecule has 7 heteroatoms. The standard InChI is InChI=1S/C19H28ClN3O2.HI/c1-2-21-18(22-12-19(6-8-24)7-9-25-13-19)23-17-11-16(17)14-4-3-5-15(20)10-14;/h3-5,10,16-17,24H,2,6-9,11-13H2,1H3,(H2,21,22,23);1H. The van der Waals surface area contributed by atoms with Crippen LogP contribution in [0.4, 0.5) is 0 Å². The molecule has 1 saturated carbocycles. The summed E-state index contributed by atoms with van der Waals surface area (Å²) in [5, 5.41) is 17.0. The quantitative estimate of drug-likeness (QED) is 0.310. The molecule has 1 aromatic rings. The molecule has 0 amide bonds. The average Bonchev–Trinajstić information content (AvgIpc) is 3.21. The van der Waals surface area contributed by atoms with E-state index < -0.39 is 0 Å². The third kappa shape index (κ3) is 5.71. The summed E-state index contributed by atoms with van der Waals surface area (Å²) in [6, 6.07) is 8.49. The van der Waals surface area contributed by atoms with Crippen LogP contribution in [-0.4, -0.2) is 50.0 Å². The van der Waals surface area contributed by atoms with Gasteiger partial charge in [0.15, 0.2) is 5.96 Å². The van der Waals surface area contributed by atoms with E-state index >= 15 is 0 Å². The Bertz CT molecular complexity index is 608. The van der Waals surface area contributed by atoms with Gasteiger partial charge in [-0.15, -0.1) is 24.0 Å². The lowest BCUT2D eigenvalue weighted by atomic mass is 9.84. The molecule has 0 aromatic heterocycles.